The quantitative estimate of drug-likeness (QED) is 0.298. The molecule has 1 aromatic carbocycles. The fourth-order valence-electron chi connectivity index (χ4n) is 3.63. The summed E-state index contributed by atoms with van der Waals surface area (Å²) in [5.74, 6) is 0.388. The third-order valence-corrected chi connectivity index (χ3v) is 5.42. The molecule has 0 amide bonds. The molecule has 2 aromatic heterocycles. The van der Waals surface area contributed by atoms with Crippen molar-refractivity contribution in [2.75, 3.05) is 0 Å². The second-order valence-corrected chi connectivity index (χ2v) is 7.98. The summed E-state index contributed by atoms with van der Waals surface area (Å²) in [6.45, 7) is 18.5. The molecule has 0 spiro atoms. The topological polar surface area (TPSA) is 86.2 Å². The van der Waals surface area contributed by atoms with Gasteiger partial charge in [0.15, 0.2) is 0 Å². The molecule has 0 fully saturated rings. The Morgan fingerprint density at radius 1 is 0.919 bits per heavy atom. The van der Waals surface area contributed by atoms with E-state index in [0.29, 0.717) is 39.7 Å². The van der Waals surface area contributed by atoms with Gasteiger partial charge in [-0.15, -0.1) is 0 Å². The molecule has 0 radical (unpaired) electrons. The van der Waals surface area contributed by atoms with Gasteiger partial charge in [-0.3, -0.25) is 0 Å². The van der Waals surface area contributed by atoms with Crippen LogP contribution in [0, 0.1) is 6.92 Å². The molecule has 2 heterocycles. The monoisotopic (exact) mass is 492 g/mol. The smallest absolute Gasteiger partial charge is 0.347 e. The minimum Gasteiger partial charge on any atom is -0.403 e. The van der Waals surface area contributed by atoms with Crippen molar-refractivity contribution in [2.45, 2.75) is 20.3 Å². The summed E-state index contributed by atoms with van der Waals surface area (Å²) >= 11 is 0. The van der Waals surface area contributed by atoms with E-state index in [9.17, 15) is 9.59 Å². The predicted octanol–water partition coefficient (Wildman–Crippen LogP) is 6.56. The van der Waals surface area contributed by atoms with Gasteiger partial charge in [0, 0.05) is 11.1 Å². The first kappa shape index (κ1) is 26.8. The lowest BCUT2D eigenvalue weighted by atomic mass is 10.0. The van der Waals surface area contributed by atoms with Crippen LogP contribution in [0.2, 0.25) is 0 Å². The number of nitrogens with zero attached hydrogens (tertiary/aromatic N) is 2. The molecule has 0 aliphatic heterocycles. The molecule has 6 nitrogen and oxygen atoms in total. The minimum absolute atomic E-state index is 0.170. The Bertz CT molecular complexity index is 1630. The average molecular weight is 493 g/mol. The maximum absolute atomic E-state index is 12.8. The normalized spacial score (nSPS) is 12.6. The van der Waals surface area contributed by atoms with Crippen LogP contribution in [-0.4, -0.2) is 9.97 Å². The van der Waals surface area contributed by atoms with Gasteiger partial charge in [0.05, 0.1) is 22.2 Å². The highest BCUT2D eigenvalue weighted by Crippen LogP contribution is 2.21. The van der Waals surface area contributed by atoms with E-state index >= 15 is 0 Å². The van der Waals surface area contributed by atoms with E-state index in [1.807, 2.05) is 19.1 Å². The molecular formula is C31H28N2O4. The summed E-state index contributed by atoms with van der Waals surface area (Å²) in [5.41, 5.74) is 3.08. The molecule has 0 unspecified atom stereocenters. The molecule has 37 heavy (non-hydrogen) atoms. The van der Waals surface area contributed by atoms with Crippen molar-refractivity contribution in [1.82, 2.24) is 9.97 Å². The summed E-state index contributed by atoms with van der Waals surface area (Å²) in [6, 6.07) is 5.37. The van der Waals surface area contributed by atoms with Crippen molar-refractivity contribution in [3.63, 3.8) is 0 Å². The summed E-state index contributed by atoms with van der Waals surface area (Å²) in [6.07, 6.45) is 15.5. The van der Waals surface area contributed by atoms with Crippen LogP contribution < -0.4 is 11.3 Å². The Morgan fingerprint density at radius 2 is 1.59 bits per heavy atom. The lowest BCUT2D eigenvalue weighted by Crippen LogP contribution is -2.11. The maximum Gasteiger partial charge on any atom is 0.347 e. The van der Waals surface area contributed by atoms with Crippen LogP contribution in [0.15, 0.2) is 117 Å². The molecule has 0 aliphatic rings. The number of hydrogen-bond acceptors (Lipinski definition) is 6. The molecule has 0 aliphatic carbocycles. The van der Waals surface area contributed by atoms with Gasteiger partial charge in [0.25, 0.3) is 0 Å². The van der Waals surface area contributed by atoms with Gasteiger partial charge < -0.3 is 8.83 Å². The van der Waals surface area contributed by atoms with E-state index < -0.39 is 11.3 Å². The van der Waals surface area contributed by atoms with Crippen molar-refractivity contribution in [2.24, 2.45) is 0 Å². The highest BCUT2D eigenvalue weighted by atomic mass is 16.4. The van der Waals surface area contributed by atoms with Gasteiger partial charge >= 0.3 is 11.3 Å². The molecule has 3 aromatic rings. The largest absolute Gasteiger partial charge is 0.403 e. The Hall–Kier alpha value is -4.84. The van der Waals surface area contributed by atoms with E-state index in [1.54, 1.807) is 67.7 Å². The molecular weight excluding hydrogens is 464 g/mol. The van der Waals surface area contributed by atoms with Crippen molar-refractivity contribution in [3.8, 4) is 0 Å². The Labute approximate surface area is 215 Å². The van der Waals surface area contributed by atoms with E-state index in [2.05, 4.69) is 36.3 Å². The standard InChI is InChI=1S/C31H28N2O4/c1-7-12-23(11-5)28-32-20(6)25(30(34)36-28)18-21(10-4)17-22-15-16-27-26(19-22)31(35)37-29(33-27)24(13-8-2)14-9-3/h7-16,18-19H,1-2,4-5,17H2,3,6H3/b14-9-,21-18+,23-12+,24-13+. The van der Waals surface area contributed by atoms with Crippen LogP contribution in [0.4, 0.5) is 0 Å². The summed E-state index contributed by atoms with van der Waals surface area (Å²) in [7, 11) is 0. The number of rotatable bonds is 10. The lowest BCUT2D eigenvalue weighted by molar-refractivity contribution is 0.472. The van der Waals surface area contributed by atoms with Crippen LogP contribution >= 0.6 is 0 Å². The summed E-state index contributed by atoms with van der Waals surface area (Å²) in [5, 5.41) is 0.357. The Kier molecular flexibility index (Phi) is 8.84. The fraction of sp³-hybridized carbons (Fsp3) is 0.0968. The number of aryl methyl sites for hydroxylation is 1. The van der Waals surface area contributed by atoms with Crippen molar-refractivity contribution in [3.05, 3.63) is 148 Å². The van der Waals surface area contributed by atoms with Crippen LogP contribution in [-0.2, 0) is 6.42 Å². The fourth-order valence-corrected chi connectivity index (χ4v) is 3.63. The summed E-state index contributed by atoms with van der Waals surface area (Å²) in [4.78, 5) is 34.4. The number of fused-ring (bicyclic) bond motifs is 1. The number of allylic oxidation sites excluding steroid dienone is 11. The lowest BCUT2D eigenvalue weighted by Gasteiger charge is -2.07. The molecule has 3 rings (SSSR count). The van der Waals surface area contributed by atoms with E-state index in [0.717, 1.165) is 11.1 Å². The molecule has 6 heteroatoms. The SMILES string of the molecule is C=C/C=C(\C=C)c1nc(C)c(/C=C(\C=C)Cc2ccc3nc(C(/C=C\C)=C/C=C)oc(=O)c3c2)c(=O)o1. The Balaban J connectivity index is 1.99. The molecule has 0 N–H and O–H groups in total. The van der Waals surface area contributed by atoms with Gasteiger partial charge in [-0.05, 0) is 49.6 Å². The average Bonchev–Trinajstić information content (AvgIpc) is 2.88. The predicted molar refractivity (Wildman–Crippen MR) is 151 cm³/mol. The zero-order valence-corrected chi connectivity index (χ0v) is 21.0. The van der Waals surface area contributed by atoms with Crippen molar-refractivity contribution < 1.29 is 8.83 Å². The Morgan fingerprint density at radius 3 is 2.22 bits per heavy atom. The third-order valence-electron chi connectivity index (χ3n) is 5.42. The maximum atomic E-state index is 12.8. The number of hydrogen-bond donors (Lipinski definition) is 0. The van der Waals surface area contributed by atoms with E-state index in [-0.39, 0.29) is 11.8 Å². The second-order valence-electron chi connectivity index (χ2n) is 7.98. The van der Waals surface area contributed by atoms with E-state index in [1.165, 1.54) is 0 Å². The van der Waals surface area contributed by atoms with Crippen molar-refractivity contribution in [1.29, 1.82) is 0 Å². The van der Waals surface area contributed by atoms with Crippen molar-refractivity contribution >= 4 is 28.1 Å². The molecule has 0 bridgehead atoms. The number of aromatic nitrogens is 2. The minimum atomic E-state index is -0.529. The summed E-state index contributed by atoms with van der Waals surface area (Å²) < 4.78 is 10.9. The zero-order chi connectivity index (χ0) is 26.9. The van der Waals surface area contributed by atoms with Gasteiger partial charge in [-0.1, -0.05) is 81.0 Å². The molecule has 0 saturated carbocycles. The van der Waals surface area contributed by atoms with Gasteiger partial charge in [0.1, 0.15) is 0 Å². The molecule has 0 saturated heterocycles. The highest BCUT2D eigenvalue weighted by Gasteiger charge is 2.13. The van der Waals surface area contributed by atoms with E-state index in [4.69, 9.17) is 8.83 Å². The number of benzene rings is 1. The van der Waals surface area contributed by atoms with Crippen LogP contribution in [0.25, 0.3) is 28.1 Å². The highest BCUT2D eigenvalue weighted by molar-refractivity contribution is 5.80. The van der Waals surface area contributed by atoms with Crippen LogP contribution in [0.1, 0.15) is 35.5 Å². The third kappa shape index (κ3) is 6.24. The van der Waals surface area contributed by atoms with Crippen LogP contribution in [0.5, 0.6) is 0 Å². The zero-order valence-electron chi connectivity index (χ0n) is 21.0. The molecule has 0 atom stereocenters. The van der Waals surface area contributed by atoms with Crippen LogP contribution in [0.3, 0.4) is 0 Å². The van der Waals surface area contributed by atoms with Gasteiger partial charge in [-0.25, -0.2) is 19.6 Å². The first-order chi connectivity index (χ1) is 17.8. The van der Waals surface area contributed by atoms with Gasteiger partial charge in [0.2, 0.25) is 11.8 Å². The first-order valence-electron chi connectivity index (χ1n) is 11.5. The second kappa shape index (κ2) is 12.2. The first-order valence-corrected chi connectivity index (χ1v) is 11.5. The molecule has 186 valence electrons. The van der Waals surface area contributed by atoms with Gasteiger partial charge in [-0.2, -0.15) is 0 Å².